The number of nitrogens with zero attached hydrogens (tertiary/aromatic N) is 8. The smallest absolute Gasteiger partial charge is 0.340 e. The van der Waals surface area contributed by atoms with Crippen molar-refractivity contribution in [3.05, 3.63) is 83.1 Å². The molecule has 0 aliphatic carbocycles. The van der Waals surface area contributed by atoms with Crippen molar-refractivity contribution in [2.75, 3.05) is 36.0 Å². The molecule has 0 amide bonds. The summed E-state index contributed by atoms with van der Waals surface area (Å²) >= 11 is 0. The first-order valence-electron chi connectivity index (χ1n) is 17.5. The van der Waals surface area contributed by atoms with Crippen LogP contribution in [0.25, 0.3) is 12.2 Å². The molecule has 0 aliphatic heterocycles. The van der Waals surface area contributed by atoms with E-state index in [4.69, 9.17) is 9.47 Å². The van der Waals surface area contributed by atoms with Crippen molar-refractivity contribution in [3.63, 3.8) is 0 Å². The molecule has 0 fully saturated rings. The minimum atomic E-state index is -4.91. The molecule has 0 bridgehead atoms. The third-order valence-corrected chi connectivity index (χ3v) is 9.72. The number of nitrogens with one attached hydrogen (secondary N) is 2. The fourth-order valence-corrected chi connectivity index (χ4v) is 6.34. The lowest BCUT2D eigenvalue weighted by Gasteiger charge is -2.19. The van der Waals surface area contributed by atoms with Crippen LogP contribution in [0.5, 0.6) is 12.0 Å². The van der Waals surface area contributed by atoms with Gasteiger partial charge in [-0.25, -0.2) is 19.6 Å². The van der Waals surface area contributed by atoms with Crippen molar-refractivity contribution in [2.24, 2.45) is 9.98 Å². The maximum absolute atomic E-state index is 12.6. The summed E-state index contributed by atoms with van der Waals surface area (Å²) in [6, 6.07) is 6.89. The highest BCUT2D eigenvalue weighted by Gasteiger charge is 2.19. The molecule has 4 aromatic rings. The van der Waals surface area contributed by atoms with Crippen LogP contribution in [0.15, 0.2) is 80.5 Å². The van der Waals surface area contributed by atoms with E-state index in [0.717, 1.165) is 12.1 Å². The normalized spacial score (nSPS) is 12.4. The van der Waals surface area contributed by atoms with Gasteiger partial charge in [-0.3, -0.25) is 19.1 Å². The van der Waals surface area contributed by atoms with E-state index in [0.29, 0.717) is 26.2 Å². The number of hydrogen-bond acceptors (Lipinski definition) is 16. The maximum atomic E-state index is 12.6. The lowest BCUT2D eigenvalue weighted by atomic mass is 10.1. The van der Waals surface area contributed by atoms with Crippen molar-refractivity contribution in [3.8, 4) is 12.0 Å². The summed E-state index contributed by atoms with van der Waals surface area (Å²) in [6.07, 6.45) is 2.40. The van der Waals surface area contributed by atoms with Crippen molar-refractivity contribution in [2.45, 2.75) is 51.3 Å². The van der Waals surface area contributed by atoms with E-state index in [2.05, 4.69) is 53.0 Å². The molecule has 4 rings (SSSR count). The van der Waals surface area contributed by atoms with Gasteiger partial charge in [0.25, 0.3) is 31.5 Å². The molecule has 20 nitrogen and oxygen atoms in total. The first-order chi connectivity index (χ1) is 27.3. The number of carbonyl (C=O) groups is 2. The molecule has 2 heterocycles. The summed E-state index contributed by atoms with van der Waals surface area (Å²) < 4.78 is 81.1. The third kappa shape index (κ3) is 11.6. The van der Waals surface area contributed by atoms with Gasteiger partial charge in [0.2, 0.25) is 11.9 Å². The lowest BCUT2D eigenvalue weighted by molar-refractivity contribution is -0.131. The Morgan fingerprint density at radius 3 is 1.31 bits per heavy atom. The van der Waals surface area contributed by atoms with Gasteiger partial charge >= 0.3 is 24.0 Å². The van der Waals surface area contributed by atoms with Crippen LogP contribution < -0.4 is 30.5 Å². The first kappa shape index (κ1) is 44.4. The zero-order chi connectivity index (χ0) is 42.9. The summed E-state index contributed by atoms with van der Waals surface area (Å²) in [4.78, 5) is 57.9. The molecular weight excluding hydrogens is 797 g/mol. The van der Waals surface area contributed by atoms with Crippen LogP contribution in [-0.2, 0) is 29.8 Å². The van der Waals surface area contributed by atoms with Crippen molar-refractivity contribution in [1.29, 1.82) is 0 Å². The quantitative estimate of drug-likeness (QED) is 0.0542. The Kier molecular flexibility index (Phi) is 14.3. The number of anilines is 2. The topological polar surface area (TPSA) is 276 Å². The minimum Gasteiger partial charge on any atom is -0.389 e. The number of H-pyrrole nitrogens is 2. The number of esters is 2. The van der Waals surface area contributed by atoms with Gasteiger partial charge in [-0.2, -0.15) is 36.8 Å². The van der Waals surface area contributed by atoms with E-state index < -0.39 is 42.0 Å². The highest BCUT2D eigenvalue weighted by atomic mass is 32.2. The molecule has 308 valence electrons. The zero-order valence-electron chi connectivity index (χ0n) is 32.4. The largest absolute Gasteiger partial charge is 0.389 e. The number of carbonyl (C=O) groups excluding carboxylic acids is 2. The van der Waals surface area contributed by atoms with E-state index in [1.54, 1.807) is 9.80 Å². The average Bonchev–Trinajstić information content (AvgIpc) is 3.14. The van der Waals surface area contributed by atoms with Gasteiger partial charge in [0.15, 0.2) is 0 Å². The summed E-state index contributed by atoms with van der Waals surface area (Å²) in [6.45, 7) is 19.5. The minimum absolute atomic E-state index is 0.0225. The predicted octanol–water partition coefficient (Wildman–Crippen LogP) is 3.71. The van der Waals surface area contributed by atoms with Crippen LogP contribution in [0.4, 0.5) is 23.3 Å². The average molecular weight is 839 g/mol. The van der Waals surface area contributed by atoms with Crippen LogP contribution in [0, 0.1) is 0 Å². The van der Waals surface area contributed by atoms with E-state index in [-0.39, 0.29) is 68.8 Å². The Bertz CT molecular complexity index is 2470. The standard InChI is InChI=1S/C36H42N10O10S2/c1-9-45(10-2)33-39-31(41-35(43-33)55-29(47)21(5)6)37-25-17-15-23(27(19-25)57(49,50)51)13-14-24-16-18-26(20-28(24)58(52,53)54)38-32-40-34(46(11-3)12-4)44-36(42-32)56-30(48)22(7)8/h13-20H,5,7,9-12H2,1-4,6,8H3,(H,49,50,51)(H,52,53,54)(H,37,39,41,43)(H,38,40,42,44)/b14-13+. The van der Waals surface area contributed by atoms with Crippen LogP contribution in [0.3, 0.4) is 0 Å². The SMILES string of the molecule is C=C(C)C(=O)Oc1nc(=Nc2ccc(/C=C/c3ccc(N=c4nc(OC(=O)C(=C)C)[nH]c(N(CC)CC)n4)cc3S(=O)(=O)O)c(S(=O)(=O)O)c2)nc(N(CC)CC)[nH]1. The second-order valence-corrected chi connectivity index (χ2v) is 15.0. The maximum Gasteiger partial charge on any atom is 0.340 e. The van der Waals surface area contributed by atoms with Crippen molar-refractivity contribution < 1.29 is 45.0 Å². The van der Waals surface area contributed by atoms with Gasteiger partial charge in [-0.15, -0.1) is 0 Å². The number of hydrogen-bond donors (Lipinski definition) is 4. The van der Waals surface area contributed by atoms with E-state index in [9.17, 15) is 35.5 Å². The monoisotopic (exact) mass is 838 g/mol. The van der Waals surface area contributed by atoms with Gasteiger partial charge in [-0.1, -0.05) is 37.4 Å². The molecule has 0 spiro atoms. The third-order valence-electron chi connectivity index (χ3n) is 7.90. The Labute approximate surface area is 334 Å². The molecule has 4 N–H and O–H groups in total. The van der Waals surface area contributed by atoms with Crippen molar-refractivity contribution >= 4 is 67.6 Å². The van der Waals surface area contributed by atoms with Crippen LogP contribution in [-0.4, -0.2) is 94.0 Å². The van der Waals surface area contributed by atoms with Gasteiger partial charge in [0.1, 0.15) is 9.79 Å². The van der Waals surface area contributed by atoms with Crippen LogP contribution >= 0.6 is 0 Å². The molecule has 58 heavy (non-hydrogen) atoms. The molecule has 0 aliphatic rings. The molecule has 2 aromatic carbocycles. The second kappa shape index (κ2) is 18.7. The second-order valence-electron chi connectivity index (χ2n) is 12.2. The summed E-state index contributed by atoms with van der Waals surface area (Å²) in [5, 5.41) is 0. The molecular formula is C36H42N10O10S2. The summed E-state index contributed by atoms with van der Waals surface area (Å²) in [5.74, 6) is -1.02. The molecule has 0 radical (unpaired) electrons. The van der Waals surface area contributed by atoms with Crippen molar-refractivity contribution in [1.82, 2.24) is 29.9 Å². The van der Waals surface area contributed by atoms with E-state index in [1.807, 2.05) is 27.7 Å². The Morgan fingerprint density at radius 2 is 1.02 bits per heavy atom. The fraction of sp³-hybridized carbons (Fsp3) is 0.278. The van der Waals surface area contributed by atoms with Gasteiger partial charge in [0, 0.05) is 37.3 Å². The number of rotatable bonds is 16. The predicted molar refractivity (Wildman–Crippen MR) is 213 cm³/mol. The van der Waals surface area contributed by atoms with E-state index >= 15 is 0 Å². The van der Waals surface area contributed by atoms with Gasteiger partial charge in [-0.05, 0) is 76.9 Å². The lowest BCUT2D eigenvalue weighted by Crippen LogP contribution is -2.29. The first-order valence-corrected chi connectivity index (χ1v) is 20.4. The molecule has 0 unspecified atom stereocenters. The number of aromatic nitrogens is 6. The van der Waals surface area contributed by atoms with Crippen LogP contribution in [0.2, 0.25) is 0 Å². The number of ether oxygens (including phenoxy) is 2. The Hall–Kier alpha value is -6.36. The zero-order valence-corrected chi connectivity index (χ0v) is 34.0. The highest BCUT2D eigenvalue weighted by Crippen LogP contribution is 2.28. The van der Waals surface area contributed by atoms with Gasteiger partial charge < -0.3 is 19.3 Å². The molecule has 2 aromatic heterocycles. The molecule has 0 saturated heterocycles. The number of benzene rings is 2. The number of aromatic amines is 2. The van der Waals surface area contributed by atoms with Gasteiger partial charge in [0.05, 0.1) is 11.4 Å². The summed E-state index contributed by atoms with van der Waals surface area (Å²) in [5.41, 5.74) is -0.445. The highest BCUT2D eigenvalue weighted by molar-refractivity contribution is 7.86. The van der Waals surface area contributed by atoms with E-state index in [1.165, 1.54) is 50.3 Å². The summed E-state index contributed by atoms with van der Waals surface area (Å²) in [7, 11) is -9.82. The molecule has 0 saturated carbocycles. The van der Waals surface area contributed by atoms with Crippen LogP contribution in [0.1, 0.15) is 52.7 Å². The fourth-order valence-electron chi connectivity index (χ4n) is 4.93. The Morgan fingerprint density at radius 1 is 0.672 bits per heavy atom. The molecule has 0 atom stereocenters. The molecule has 22 heteroatoms. The Balaban J connectivity index is 1.80.